The summed E-state index contributed by atoms with van der Waals surface area (Å²) in [7, 11) is 0. The van der Waals surface area contributed by atoms with E-state index in [-0.39, 0.29) is 12.1 Å². The molecule has 0 heterocycles. The molecule has 1 atom stereocenters. The molecule has 0 saturated carbocycles. The first-order valence-corrected chi connectivity index (χ1v) is 5.53. The van der Waals surface area contributed by atoms with E-state index in [9.17, 15) is 4.79 Å². The van der Waals surface area contributed by atoms with E-state index >= 15 is 0 Å². The van der Waals surface area contributed by atoms with E-state index in [1.165, 1.54) is 6.08 Å². The first-order chi connectivity index (χ1) is 7.59. The number of rotatable bonds is 4. The van der Waals surface area contributed by atoms with Crippen LogP contribution in [-0.4, -0.2) is 12.1 Å². The van der Waals surface area contributed by atoms with Gasteiger partial charge in [0.2, 0.25) is 0 Å². The third kappa shape index (κ3) is 4.30. The van der Waals surface area contributed by atoms with Crippen LogP contribution in [0, 0.1) is 5.92 Å². The third-order valence-corrected chi connectivity index (χ3v) is 2.45. The molecule has 0 aliphatic carbocycles. The van der Waals surface area contributed by atoms with E-state index in [1.54, 1.807) is 6.08 Å². The van der Waals surface area contributed by atoms with Gasteiger partial charge in [-0.15, -0.1) is 0 Å². The zero-order chi connectivity index (χ0) is 12.0. The lowest BCUT2D eigenvalue weighted by molar-refractivity contribution is -0.143. The highest BCUT2D eigenvalue weighted by atomic mass is 16.5. The molecule has 1 aromatic rings. The van der Waals surface area contributed by atoms with Crippen molar-refractivity contribution in [2.75, 3.05) is 0 Å². The van der Waals surface area contributed by atoms with E-state index in [0.717, 1.165) is 5.56 Å². The minimum Gasteiger partial charge on any atom is -0.459 e. The van der Waals surface area contributed by atoms with Gasteiger partial charge in [-0.3, -0.25) is 0 Å². The normalized spacial score (nSPS) is 13.0. The lowest BCUT2D eigenvalue weighted by Gasteiger charge is -2.14. The van der Waals surface area contributed by atoms with Crippen molar-refractivity contribution in [3.8, 4) is 0 Å². The first-order valence-electron chi connectivity index (χ1n) is 5.53. The topological polar surface area (TPSA) is 26.3 Å². The number of carbonyl (C=O) groups excluding carboxylic acids is 1. The molecule has 0 aliphatic rings. The summed E-state index contributed by atoms with van der Waals surface area (Å²) < 4.78 is 5.21. The summed E-state index contributed by atoms with van der Waals surface area (Å²) in [6, 6.07) is 9.69. The second-order valence-corrected chi connectivity index (χ2v) is 4.13. The second kappa shape index (κ2) is 6.11. The Morgan fingerprint density at radius 2 is 1.81 bits per heavy atom. The van der Waals surface area contributed by atoms with Crippen LogP contribution in [0.2, 0.25) is 0 Å². The molecular weight excluding hydrogens is 200 g/mol. The number of benzene rings is 1. The molecule has 0 fully saturated rings. The Kier molecular flexibility index (Phi) is 4.77. The maximum atomic E-state index is 11.4. The summed E-state index contributed by atoms with van der Waals surface area (Å²) in [6.45, 7) is 5.95. The molecule has 1 rings (SSSR count). The van der Waals surface area contributed by atoms with Crippen LogP contribution in [0.5, 0.6) is 0 Å². The summed E-state index contributed by atoms with van der Waals surface area (Å²) in [5.41, 5.74) is 0.997. The molecule has 0 radical (unpaired) electrons. The average molecular weight is 218 g/mol. The number of esters is 1. The van der Waals surface area contributed by atoms with Crippen LogP contribution < -0.4 is 0 Å². The van der Waals surface area contributed by atoms with Gasteiger partial charge in [0.25, 0.3) is 0 Å². The van der Waals surface area contributed by atoms with Gasteiger partial charge in [0.05, 0.1) is 0 Å². The van der Waals surface area contributed by atoms with Crippen molar-refractivity contribution in [1.29, 1.82) is 0 Å². The van der Waals surface area contributed by atoms with E-state index in [2.05, 4.69) is 0 Å². The maximum Gasteiger partial charge on any atom is 0.331 e. The minimum absolute atomic E-state index is 0.0482. The summed E-state index contributed by atoms with van der Waals surface area (Å²) in [4.78, 5) is 11.4. The molecule has 2 heteroatoms. The van der Waals surface area contributed by atoms with Crippen molar-refractivity contribution in [3.05, 3.63) is 42.0 Å². The van der Waals surface area contributed by atoms with Gasteiger partial charge in [-0.25, -0.2) is 4.79 Å². The Bertz CT molecular complexity index is 352. The van der Waals surface area contributed by atoms with Crippen LogP contribution in [0.25, 0.3) is 6.08 Å². The lowest BCUT2D eigenvalue weighted by atomic mass is 10.1. The molecule has 0 aliphatic heterocycles. The zero-order valence-corrected chi connectivity index (χ0v) is 10.0. The monoisotopic (exact) mass is 218 g/mol. The summed E-state index contributed by atoms with van der Waals surface area (Å²) in [5.74, 6) is 0.0547. The smallest absolute Gasteiger partial charge is 0.331 e. The van der Waals surface area contributed by atoms with E-state index in [4.69, 9.17) is 4.74 Å². The molecule has 1 unspecified atom stereocenters. The Hall–Kier alpha value is -1.57. The number of carbonyl (C=O) groups is 1. The van der Waals surface area contributed by atoms with Crippen LogP contribution in [-0.2, 0) is 9.53 Å². The van der Waals surface area contributed by atoms with Crippen LogP contribution in [0.4, 0.5) is 0 Å². The van der Waals surface area contributed by atoms with Gasteiger partial charge in [-0.1, -0.05) is 44.2 Å². The van der Waals surface area contributed by atoms with Gasteiger partial charge < -0.3 is 4.74 Å². The second-order valence-electron chi connectivity index (χ2n) is 4.13. The van der Waals surface area contributed by atoms with Crippen LogP contribution in [0.1, 0.15) is 26.3 Å². The molecule has 86 valence electrons. The number of ether oxygens (including phenoxy) is 1. The third-order valence-electron chi connectivity index (χ3n) is 2.45. The van der Waals surface area contributed by atoms with Crippen LogP contribution in [0.3, 0.4) is 0 Å². The summed E-state index contributed by atoms with van der Waals surface area (Å²) in [6.07, 6.45) is 3.18. The largest absolute Gasteiger partial charge is 0.459 e. The maximum absolute atomic E-state index is 11.4. The fraction of sp³-hybridized carbons (Fsp3) is 0.357. The van der Waals surface area contributed by atoms with Crippen molar-refractivity contribution in [2.24, 2.45) is 5.92 Å². The first kappa shape index (κ1) is 12.5. The fourth-order valence-corrected chi connectivity index (χ4v) is 1.09. The molecule has 0 saturated heterocycles. The minimum atomic E-state index is -0.287. The molecule has 0 N–H and O–H groups in total. The Balaban J connectivity index is 2.49. The van der Waals surface area contributed by atoms with Crippen molar-refractivity contribution in [2.45, 2.75) is 26.9 Å². The number of hydrogen-bond donors (Lipinski definition) is 0. The van der Waals surface area contributed by atoms with Gasteiger partial charge in [0.1, 0.15) is 6.10 Å². The predicted octanol–water partition coefficient (Wildman–Crippen LogP) is 3.29. The molecule has 16 heavy (non-hydrogen) atoms. The molecule has 1 aromatic carbocycles. The summed E-state index contributed by atoms with van der Waals surface area (Å²) >= 11 is 0. The van der Waals surface area contributed by atoms with Gasteiger partial charge >= 0.3 is 5.97 Å². The summed E-state index contributed by atoms with van der Waals surface area (Å²) in [5, 5.41) is 0. The zero-order valence-electron chi connectivity index (χ0n) is 10.0. The van der Waals surface area contributed by atoms with E-state index < -0.39 is 0 Å². The van der Waals surface area contributed by atoms with Crippen molar-refractivity contribution in [1.82, 2.24) is 0 Å². The number of hydrogen-bond acceptors (Lipinski definition) is 2. The SMILES string of the molecule is CC(C)C(C)OC(=O)C=Cc1ccccc1. The van der Waals surface area contributed by atoms with E-state index in [0.29, 0.717) is 5.92 Å². The molecule has 0 spiro atoms. The molecule has 2 nitrogen and oxygen atoms in total. The average Bonchev–Trinajstić information content (AvgIpc) is 2.27. The van der Waals surface area contributed by atoms with Crippen molar-refractivity contribution < 1.29 is 9.53 Å². The van der Waals surface area contributed by atoms with Crippen LogP contribution >= 0.6 is 0 Å². The van der Waals surface area contributed by atoms with Gasteiger partial charge in [-0.05, 0) is 24.5 Å². The molecule has 0 bridgehead atoms. The van der Waals surface area contributed by atoms with Crippen molar-refractivity contribution >= 4 is 12.0 Å². The Labute approximate surface area is 96.9 Å². The Morgan fingerprint density at radius 3 is 2.38 bits per heavy atom. The molecular formula is C14H18O2. The van der Waals surface area contributed by atoms with Gasteiger partial charge in [0, 0.05) is 6.08 Å². The highest BCUT2D eigenvalue weighted by molar-refractivity contribution is 5.87. The van der Waals surface area contributed by atoms with Gasteiger partial charge in [-0.2, -0.15) is 0 Å². The van der Waals surface area contributed by atoms with Gasteiger partial charge in [0.15, 0.2) is 0 Å². The van der Waals surface area contributed by atoms with E-state index in [1.807, 2.05) is 51.1 Å². The van der Waals surface area contributed by atoms with Crippen LogP contribution in [0.15, 0.2) is 36.4 Å². The van der Waals surface area contributed by atoms with Crippen molar-refractivity contribution in [3.63, 3.8) is 0 Å². The quantitative estimate of drug-likeness (QED) is 0.572. The highest BCUT2D eigenvalue weighted by Crippen LogP contribution is 2.07. The molecule has 0 amide bonds. The predicted molar refractivity (Wildman–Crippen MR) is 65.9 cm³/mol. The highest BCUT2D eigenvalue weighted by Gasteiger charge is 2.10. The lowest BCUT2D eigenvalue weighted by Crippen LogP contribution is -2.18. The Morgan fingerprint density at radius 1 is 1.19 bits per heavy atom. The molecule has 0 aromatic heterocycles. The standard InChI is InChI=1S/C14H18O2/c1-11(2)12(3)16-14(15)10-9-13-7-5-4-6-8-13/h4-12H,1-3H3. The fourth-order valence-electron chi connectivity index (χ4n) is 1.09.